The van der Waals surface area contributed by atoms with Gasteiger partial charge in [0.25, 0.3) is 0 Å². The lowest BCUT2D eigenvalue weighted by Crippen LogP contribution is -2.47. The molecular weight excluding hydrogens is 220 g/mol. The first-order valence-corrected chi connectivity index (χ1v) is 5.84. The summed E-state index contributed by atoms with van der Waals surface area (Å²) < 4.78 is 10.7. The van der Waals surface area contributed by atoms with Crippen LogP contribution in [0.5, 0.6) is 0 Å². The van der Waals surface area contributed by atoms with E-state index in [1.807, 2.05) is 30.3 Å². The van der Waals surface area contributed by atoms with Gasteiger partial charge >= 0.3 is 0 Å². The topological polar surface area (TPSA) is 58.9 Å². The van der Waals surface area contributed by atoms with Gasteiger partial charge in [-0.3, -0.25) is 0 Å². The van der Waals surface area contributed by atoms with E-state index in [0.29, 0.717) is 13.0 Å². The Hall–Kier alpha value is -0.940. The molecule has 4 nitrogen and oxygen atoms in total. The summed E-state index contributed by atoms with van der Waals surface area (Å²) in [5, 5.41) is 19.3. The quantitative estimate of drug-likeness (QED) is 0.826. The number of hydrogen-bond acceptors (Lipinski definition) is 4. The summed E-state index contributed by atoms with van der Waals surface area (Å²) in [6, 6.07) is 9.75. The average Bonchev–Trinajstić information content (AvgIpc) is 2.33. The number of aliphatic hydroxyl groups is 2. The van der Waals surface area contributed by atoms with E-state index in [1.165, 1.54) is 0 Å². The second-order valence-corrected chi connectivity index (χ2v) is 4.36. The summed E-state index contributed by atoms with van der Waals surface area (Å²) in [4.78, 5) is 0. The third kappa shape index (κ3) is 3.26. The highest BCUT2D eigenvalue weighted by molar-refractivity contribution is 5.13. The molecule has 0 aromatic heterocycles. The highest BCUT2D eigenvalue weighted by atomic mass is 16.6. The molecule has 0 bridgehead atoms. The van der Waals surface area contributed by atoms with Crippen molar-refractivity contribution < 1.29 is 19.7 Å². The van der Waals surface area contributed by atoms with Crippen LogP contribution in [-0.2, 0) is 16.1 Å². The average molecular weight is 238 g/mol. The molecular formula is C13H18O4. The standard InChI is InChI=1S/C13H18O4/c1-9-13(15)11(7-12(14)17-9)16-8-10-5-3-2-4-6-10/h2-6,9,11-15H,7-8H2,1H3/t9-,11+,12+,13-/m0/s1. The van der Waals surface area contributed by atoms with Gasteiger partial charge in [0, 0.05) is 6.42 Å². The maximum Gasteiger partial charge on any atom is 0.157 e. The SMILES string of the molecule is C[C@@H]1O[C@@H](O)C[C@@H](OCc2ccccc2)[C@H]1O. The molecule has 0 unspecified atom stereocenters. The Morgan fingerprint density at radius 2 is 2.00 bits per heavy atom. The summed E-state index contributed by atoms with van der Waals surface area (Å²) in [7, 11) is 0. The summed E-state index contributed by atoms with van der Waals surface area (Å²) in [6.07, 6.45) is -2.03. The van der Waals surface area contributed by atoms with Crippen molar-refractivity contribution in [2.45, 2.75) is 44.6 Å². The van der Waals surface area contributed by atoms with Crippen LogP contribution in [0.4, 0.5) is 0 Å². The molecule has 0 radical (unpaired) electrons. The fourth-order valence-electron chi connectivity index (χ4n) is 1.97. The number of hydrogen-bond donors (Lipinski definition) is 2. The van der Waals surface area contributed by atoms with Crippen LogP contribution < -0.4 is 0 Å². The van der Waals surface area contributed by atoms with E-state index in [1.54, 1.807) is 6.92 Å². The first-order chi connectivity index (χ1) is 8.16. The van der Waals surface area contributed by atoms with Gasteiger partial charge in [-0.05, 0) is 12.5 Å². The minimum atomic E-state index is -0.853. The highest BCUT2D eigenvalue weighted by Crippen LogP contribution is 2.22. The Kier molecular flexibility index (Phi) is 4.12. The molecule has 1 heterocycles. The smallest absolute Gasteiger partial charge is 0.157 e. The molecule has 1 aromatic carbocycles. The van der Waals surface area contributed by atoms with E-state index >= 15 is 0 Å². The van der Waals surface area contributed by atoms with Gasteiger partial charge in [-0.1, -0.05) is 30.3 Å². The fraction of sp³-hybridized carbons (Fsp3) is 0.538. The Morgan fingerprint density at radius 3 is 2.71 bits per heavy atom. The molecule has 0 spiro atoms. The largest absolute Gasteiger partial charge is 0.388 e. The lowest BCUT2D eigenvalue weighted by atomic mass is 10.0. The van der Waals surface area contributed by atoms with Crippen LogP contribution >= 0.6 is 0 Å². The molecule has 1 aliphatic heterocycles. The monoisotopic (exact) mass is 238 g/mol. The van der Waals surface area contributed by atoms with Crippen molar-refractivity contribution in [2.24, 2.45) is 0 Å². The second kappa shape index (κ2) is 5.60. The molecule has 0 amide bonds. The first-order valence-electron chi connectivity index (χ1n) is 5.84. The number of rotatable bonds is 3. The second-order valence-electron chi connectivity index (χ2n) is 4.36. The van der Waals surface area contributed by atoms with E-state index in [2.05, 4.69) is 0 Å². The molecule has 1 aromatic rings. The summed E-state index contributed by atoms with van der Waals surface area (Å²) in [5.74, 6) is 0. The van der Waals surface area contributed by atoms with Crippen LogP contribution in [0.2, 0.25) is 0 Å². The molecule has 0 saturated carbocycles. The van der Waals surface area contributed by atoms with E-state index in [9.17, 15) is 10.2 Å². The molecule has 2 rings (SSSR count). The van der Waals surface area contributed by atoms with Crippen molar-refractivity contribution in [1.82, 2.24) is 0 Å². The van der Waals surface area contributed by atoms with Gasteiger partial charge in [0.2, 0.25) is 0 Å². The van der Waals surface area contributed by atoms with Crippen LogP contribution in [-0.4, -0.2) is 34.8 Å². The molecule has 17 heavy (non-hydrogen) atoms. The van der Waals surface area contributed by atoms with Crippen LogP contribution in [0, 0.1) is 0 Å². The van der Waals surface area contributed by atoms with Crippen molar-refractivity contribution in [3.8, 4) is 0 Å². The van der Waals surface area contributed by atoms with Gasteiger partial charge in [0.15, 0.2) is 6.29 Å². The van der Waals surface area contributed by atoms with E-state index in [-0.39, 0.29) is 6.10 Å². The molecule has 1 saturated heterocycles. The number of benzene rings is 1. The Balaban J connectivity index is 1.89. The van der Waals surface area contributed by atoms with Crippen LogP contribution in [0.3, 0.4) is 0 Å². The molecule has 1 fully saturated rings. The highest BCUT2D eigenvalue weighted by Gasteiger charge is 2.35. The summed E-state index contributed by atoms with van der Waals surface area (Å²) in [6.45, 7) is 2.16. The van der Waals surface area contributed by atoms with Crippen LogP contribution in [0.25, 0.3) is 0 Å². The minimum Gasteiger partial charge on any atom is -0.388 e. The molecule has 2 N–H and O–H groups in total. The molecule has 94 valence electrons. The third-order valence-electron chi connectivity index (χ3n) is 2.97. The van der Waals surface area contributed by atoms with Crippen LogP contribution in [0.1, 0.15) is 18.9 Å². The van der Waals surface area contributed by atoms with E-state index < -0.39 is 18.5 Å². The van der Waals surface area contributed by atoms with Crippen molar-refractivity contribution in [3.05, 3.63) is 35.9 Å². The maximum atomic E-state index is 9.87. The Bertz CT molecular complexity index is 341. The lowest BCUT2D eigenvalue weighted by molar-refractivity contribution is -0.238. The van der Waals surface area contributed by atoms with Crippen molar-refractivity contribution >= 4 is 0 Å². The lowest BCUT2D eigenvalue weighted by Gasteiger charge is -2.35. The Labute approximate surface area is 101 Å². The van der Waals surface area contributed by atoms with Gasteiger partial charge in [0.1, 0.15) is 6.10 Å². The van der Waals surface area contributed by atoms with Crippen molar-refractivity contribution in [2.75, 3.05) is 0 Å². The first kappa shape index (κ1) is 12.5. The molecule has 4 heteroatoms. The minimum absolute atomic E-state index is 0.304. The summed E-state index contributed by atoms with van der Waals surface area (Å²) >= 11 is 0. The zero-order valence-corrected chi connectivity index (χ0v) is 9.82. The van der Waals surface area contributed by atoms with Crippen molar-refractivity contribution in [3.63, 3.8) is 0 Å². The van der Waals surface area contributed by atoms with Gasteiger partial charge in [0.05, 0.1) is 18.8 Å². The van der Waals surface area contributed by atoms with Crippen LogP contribution in [0.15, 0.2) is 30.3 Å². The summed E-state index contributed by atoms with van der Waals surface area (Å²) in [5.41, 5.74) is 1.05. The molecule has 1 aliphatic rings. The number of aliphatic hydroxyl groups excluding tert-OH is 2. The molecule has 4 atom stereocenters. The predicted molar refractivity (Wildman–Crippen MR) is 62.2 cm³/mol. The normalized spacial score (nSPS) is 33.6. The van der Waals surface area contributed by atoms with Gasteiger partial charge in [-0.15, -0.1) is 0 Å². The fourth-order valence-corrected chi connectivity index (χ4v) is 1.97. The predicted octanol–water partition coefficient (Wildman–Crippen LogP) is 1.06. The maximum absolute atomic E-state index is 9.87. The van der Waals surface area contributed by atoms with Crippen molar-refractivity contribution in [1.29, 1.82) is 0 Å². The number of ether oxygens (including phenoxy) is 2. The zero-order valence-electron chi connectivity index (χ0n) is 9.82. The molecule has 0 aliphatic carbocycles. The van der Waals surface area contributed by atoms with Gasteiger partial charge < -0.3 is 19.7 Å². The van der Waals surface area contributed by atoms with Gasteiger partial charge in [-0.25, -0.2) is 0 Å². The Morgan fingerprint density at radius 1 is 1.29 bits per heavy atom. The third-order valence-corrected chi connectivity index (χ3v) is 2.97. The van der Waals surface area contributed by atoms with E-state index in [0.717, 1.165) is 5.56 Å². The van der Waals surface area contributed by atoms with E-state index in [4.69, 9.17) is 9.47 Å². The zero-order chi connectivity index (χ0) is 12.3. The van der Waals surface area contributed by atoms with Gasteiger partial charge in [-0.2, -0.15) is 0 Å².